The number of benzene rings is 2. The van der Waals surface area contributed by atoms with Crippen molar-refractivity contribution in [3.63, 3.8) is 0 Å². The monoisotopic (exact) mass is 331 g/mol. The fourth-order valence-electron chi connectivity index (χ4n) is 3.59. The second-order valence-electron chi connectivity index (χ2n) is 6.07. The van der Waals surface area contributed by atoms with Gasteiger partial charge in [0.1, 0.15) is 5.75 Å². The molecule has 0 heterocycles. The van der Waals surface area contributed by atoms with Crippen LogP contribution in [0.1, 0.15) is 29.0 Å². The maximum atomic E-state index is 9.62. The third-order valence-electron chi connectivity index (χ3n) is 4.81. The van der Waals surface area contributed by atoms with Crippen molar-refractivity contribution in [3.8, 4) is 5.75 Å². The molecule has 2 atom stereocenters. The molecule has 0 saturated heterocycles. The molecule has 122 valence electrons. The van der Waals surface area contributed by atoms with Crippen LogP contribution < -0.4 is 4.74 Å². The Hall–Kier alpha value is -1.55. The maximum Gasteiger partial charge on any atom is 0.137 e. The first-order valence-electron chi connectivity index (χ1n) is 7.88. The maximum absolute atomic E-state index is 9.62. The van der Waals surface area contributed by atoms with Gasteiger partial charge in [-0.3, -0.25) is 4.90 Å². The molecule has 3 nitrogen and oxygen atoms in total. The number of aryl methyl sites for hydroxylation is 1. The molecule has 0 amide bonds. The lowest BCUT2D eigenvalue weighted by atomic mass is 9.75. The molecular formula is C19H22ClNO2. The van der Waals surface area contributed by atoms with Crippen molar-refractivity contribution in [1.29, 1.82) is 0 Å². The summed E-state index contributed by atoms with van der Waals surface area (Å²) in [5.41, 5.74) is 3.88. The summed E-state index contributed by atoms with van der Waals surface area (Å²) in [4.78, 5) is 2.02. The zero-order chi connectivity index (χ0) is 16.4. The second kappa shape index (κ2) is 6.91. The molecule has 23 heavy (non-hydrogen) atoms. The van der Waals surface area contributed by atoms with Gasteiger partial charge in [0.2, 0.25) is 0 Å². The van der Waals surface area contributed by atoms with Crippen molar-refractivity contribution in [2.45, 2.75) is 24.8 Å². The highest BCUT2D eigenvalue weighted by atomic mass is 35.5. The molecule has 2 aromatic rings. The van der Waals surface area contributed by atoms with Crippen LogP contribution in [0, 0.1) is 0 Å². The van der Waals surface area contributed by atoms with Crippen molar-refractivity contribution in [2.24, 2.45) is 0 Å². The summed E-state index contributed by atoms with van der Waals surface area (Å²) < 4.78 is 5.39. The summed E-state index contributed by atoms with van der Waals surface area (Å²) in [5.74, 6) is 0.890. The van der Waals surface area contributed by atoms with Crippen molar-refractivity contribution in [2.75, 3.05) is 20.9 Å². The molecule has 0 saturated carbocycles. The van der Waals surface area contributed by atoms with Crippen LogP contribution in [0.3, 0.4) is 0 Å². The summed E-state index contributed by atoms with van der Waals surface area (Å²) in [6.07, 6.45) is 2.05. The topological polar surface area (TPSA) is 32.7 Å². The summed E-state index contributed by atoms with van der Waals surface area (Å²) in [6.45, 7) is 0.0497. The largest absolute Gasteiger partial charge is 0.495 e. The molecular weight excluding hydrogens is 310 g/mol. The zero-order valence-corrected chi connectivity index (χ0v) is 14.3. The van der Waals surface area contributed by atoms with Crippen LogP contribution >= 0.6 is 11.6 Å². The predicted octanol–water partition coefficient (Wildman–Crippen LogP) is 3.68. The Kier molecular flexibility index (Phi) is 4.90. The first-order valence-corrected chi connectivity index (χ1v) is 8.26. The van der Waals surface area contributed by atoms with Crippen LogP contribution in [0.25, 0.3) is 0 Å². The number of hydrogen-bond donors (Lipinski definition) is 1. The number of aliphatic hydroxyl groups is 1. The first-order chi connectivity index (χ1) is 11.2. The van der Waals surface area contributed by atoms with E-state index in [0.29, 0.717) is 10.8 Å². The van der Waals surface area contributed by atoms with Gasteiger partial charge in [0.25, 0.3) is 0 Å². The van der Waals surface area contributed by atoms with Gasteiger partial charge in [0, 0.05) is 12.0 Å². The summed E-state index contributed by atoms with van der Waals surface area (Å²) in [7, 11) is 3.61. The van der Waals surface area contributed by atoms with Gasteiger partial charge >= 0.3 is 0 Å². The van der Waals surface area contributed by atoms with Gasteiger partial charge in [-0.1, -0.05) is 41.9 Å². The minimum atomic E-state index is 0.0497. The molecule has 1 aliphatic rings. The number of nitrogens with zero attached hydrogens (tertiary/aromatic N) is 1. The van der Waals surface area contributed by atoms with E-state index in [1.165, 1.54) is 16.7 Å². The highest BCUT2D eigenvalue weighted by Gasteiger charge is 2.33. The Morgan fingerprint density at radius 2 is 2.04 bits per heavy atom. The van der Waals surface area contributed by atoms with E-state index >= 15 is 0 Å². The van der Waals surface area contributed by atoms with Crippen LogP contribution in [-0.2, 0) is 6.42 Å². The number of aliphatic hydroxyl groups excluding tert-OH is 1. The number of hydrogen-bond acceptors (Lipinski definition) is 3. The molecule has 0 radical (unpaired) electrons. The lowest BCUT2D eigenvalue weighted by Gasteiger charge is -2.39. The van der Waals surface area contributed by atoms with Crippen LogP contribution in [0.5, 0.6) is 5.75 Å². The summed E-state index contributed by atoms with van der Waals surface area (Å²) in [5, 5.41) is 10.2. The van der Waals surface area contributed by atoms with Crippen molar-refractivity contribution in [3.05, 3.63) is 64.2 Å². The van der Waals surface area contributed by atoms with E-state index in [1.54, 1.807) is 7.11 Å². The second-order valence-corrected chi connectivity index (χ2v) is 6.48. The molecule has 0 spiro atoms. The van der Waals surface area contributed by atoms with Crippen LogP contribution in [0.15, 0.2) is 42.5 Å². The van der Waals surface area contributed by atoms with Crippen LogP contribution in [0.4, 0.5) is 0 Å². The molecule has 2 aromatic carbocycles. The van der Waals surface area contributed by atoms with E-state index in [0.717, 1.165) is 12.8 Å². The molecule has 1 aliphatic carbocycles. The van der Waals surface area contributed by atoms with E-state index in [2.05, 4.69) is 30.3 Å². The smallest absolute Gasteiger partial charge is 0.137 e. The fraction of sp³-hybridized carbons (Fsp3) is 0.368. The highest BCUT2D eigenvalue weighted by Crippen LogP contribution is 2.41. The minimum Gasteiger partial charge on any atom is -0.495 e. The van der Waals surface area contributed by atoms with Crippen molar-refractivity contribution in [1.82, 2.24) is 4.90 Å². The molecule has 1 unspecified atom stereocenters. The van der Waals surface area contributed by atoms with Crippen molar-refractivity contribution >= 4 is 11.6 Å². The van der Waals surface area contributed by atoms with Gasteiger partial charge in [0.15, 0.2) is 0 Å². The average Bonchev–Trinajstić information content (AvgIpc) is 2.60. The lowest BCUT2D eigenvalue weighted by molar-refractivity contribution is 0.0791. The standard InChI is InChI=1S/C19H22ClNO2/c1-21(12-22)17-10-8-13-5-3-4-6-15(13)19(17)14-7-9-16(20)18(11-14)23-2/h3-7,9,11,17,19,22H,8,10,12H2,1-2H3/t17-,19?/m0/s1. The fourth-order valence-corrected chi connectivity index (χ4v) is 3.79. The Labute approximate surface area is 142 Å². The third-order valence-corrected chi connectivity index (χ3v) is 5.12. The quantitative estimate of drug-likeness (QED) is 0.868. The lowest BCUT2D eigenvalue weighted by Crippen LogP contribution is -2.40. The SMILES string of the molecule is COc1cc(C2c3ccccc3CC[C@@H]2N(C)CO)ccc1Cl. The number of ether oxygens (including phenoxy) is 1. The predicted molar refractivity (Wildman–Crippen MR) is 93.2 cm³/mol. The van der Waals surface area contributed by atoms with Crippen molar-refractivity contribution < 1.29 is 9.84 Å². The minimum absolute atomic E-state index is 0.0497. The van der Waals surface area contributed by atoms with Gasteiger partial charge < -0.3 is 9.84 Å². The average molecular weight is 332 g/mol. The van der Waals surface area contributed by atoms with Gasteiger partial charge in [-0.05, 0) is 48.7 Å². The number of fused-ring (bicyclic) bond motifs is 1. The third kappa shape index (κ3) is 3.09. The van der Waals surface area contributed by atoms with Crippen LogP contribution in [0.2, 0.25) is 5.02 Å². The molecule has 0 aromatic heterocycles. The molecule has 1 N–H and O–H groups in total. The Morgan fingerprint density at radius 1 is 1.26 bits per heavy atom. The number of likely N-dealkylation sites (N-methyl/N-ethyl adjacent to an activating group) is 1. The van der Waals surface area contributed by atoms with Gasteiger partial charge in [-0.25, -0.2) is 0 Å². The number of methoxy groups -OCH3 is 1. The molecule has 0 aliphatic heterocycles. The Morgan fingerprint density at radius 3 is 2.78 bits per heavy atom. The molecule has 3 rings (SSSR count). The van der Waals surface area contributed by atoms with E-state index in [1.807, 2.05) is 24.1 Å². The first kappa shape index (κ1) is 16.3. The van der Waals surface area contributed by atoms with E-state index in [4.69, 9.17) is 16.3 Å². The summed E-state index contributed by atoms with van der Waals surface area (Å²) >= 11 is 6.19. The molecule has 0 bridgehead atoms. The van der Waals surface area contributed by atoms with Gasteiger partial charge in [-0.15, -0.1) is 0 Å². The zero-order valence-electron chi connectivity index (χ0n) is 13.5. The Balaban J connectivity index is 2.10. The van der Waals surface area contributed by atoms with E-state index in [9.17, 15) is 5.11 Å². The highest BCUT2D eigenvalue weighted by molar-refractivity contribution is 6.32. The normalized spacial score (nSPS) is 20.4. The molecule has 0 fully saturated rings. The van der Waals surface area contributed by atoms with Gasteiger partial charge in [0.05, 0.1) is 18.9 Å². The van der Waals surface area contributed by atoms with E-state index < -0.39 is 0 Å². The molecule has 4 heteroatoms. The summed E-state index contributed by atoms with van der Waals surface area (Å²) in [6, 6.07) is 14.8. The van der Waals surface area contributed by atoms with Crippen LogP contribution in [-0.4, -0.2) is 36.9 Å². The van der Waals surface area contributed by atoms with Gasteiger partial charge in [-0.2, -0.15) is 0 Å². The number of halogens is 1. The van der Waals surface area contributed by atoms with E-state index in [-0.39, 0.29) is 18.7 Å². The Bertz CT molecular complexity index is 689. The number of rotatable bonds is 4.